The first-order valence-corrected chi connectivity index (χ1v) is 7.41. The summed E-state index contributed by atoms with van der Waals surface area (Å²) in [6.07, 6.45) is -1.02. The lowest BCUT2D eigenvalue weighted by molar-refractivity contribution is -0.189. The van der Waals surface area contributed by atoms with Gasteiger partial charge in [-0.1, -0.05) is 13.3 Å². The van der Waals surface area contributed by atoms with Crippen LogP contribution in [0.5, 0.6) is 0 Å². The van der Waals surface area contributed by atoms with Crippen molar-refractivity contribution in [3.63, 3.8) is 0 Å². The van der Waals surface area contributed by atoms with Gasteiger partial charge in [-0.15, -0.1) is 0 Å². The molecule has 1 saturated carbocycles. The molecule has 2 rings (SSSR count). The molecule has 2 N–H and O–H groups in total. The van der Waals surface area contributed by atoms with Crippen LogP contribution in [-0.4, -0.2) is 36.1 Å². The van der Waals surface area contributed by atoms with E-state index in [4.69, 9.17) is 5.73 Å². The third kappa shape index (κ3) is 3.27. The van der Waals surface area contributed by atoms with E-state index >= 15 is 0 Å². The van der Waals surface area contributed by atoms with Gasteiger partial charge in [0.2, 0.25) is 5.91 Å². The van der Waals surface area contributed by atoms with Gasteiger partial charge >= 0.3 is 6.18 Å². The Morgan fingerprint density at radius 2 is 1.90 bits per heavy atom. The molecular weight excluding hydrogens is 269 g/mol. The molecule has 116 valence electrons. The van der Waals surface area contributed by atoms with Crippen LogP contribution < -0.4 is 5.73 Å². The van der Waals surface area contributed by atoms with E-state index in [1.54, 1.807) is 0 Å². The van der Waals surface area contributed by atoms with Crippen LogP contribution in [0.1, 0.15) is 39.0 Å². The van der Waals surface area contributed by atoms with E-state index < -0.39 is 12.1 Å². The number of rotatable bonds is 1. The minimum atomic E-state index is -4.21. The van der Waals surface area contributed by atoms with Crippen molar-refractivity contribution < 1.29 is 18.0 Å². The minimum Gasteiger partial charge on any atom is -0.342 e. The maximum absolute atomic E-state index is 12.8. The molecule has 2 aliphatic rings. The van der Waals surface area contributed by atoms with E-state index in [2.05, 4.69) is 0 Å². The molecule has 0 bridgehead atoms. The van der Waals surface area contributed by atoms with Gasteiger partial charge in [0, 0.05) is 19.1 Å². The van der Waals surface area contributed by atoms with Gasteiger partial charge in [0.1, 0.15) is 0 Å². The molecule has 6 heteroatoms. The largest absolute Gasteiger partial charge is 0.393 e. The average Bonchev–Trinajstić information content (AvgIpc) is 2.40. The van der Waals surface area contributed by atoms with Gasteiger partial charge in [-0.05, 0) is 31.6 Å². The Labute approximate surface area is 117 Å². The second-order valence-corrected chi connectivity index (χ2v) is 6.26. The standard InChI is InChI=1S/C14H23F3N2O/c1-9-4-2-6-11(12(9)18)13(20)19-7-3-5-10(8-19)14(15,16)17/h9-12H,2-8,18H2,1H3. The van der Waals surface area contributed by atoms with E-state index in [9.17, 15) is 18.0 Å². The predicted molar refractivity (Wildman–Crippen MR) is 69.8 cm³/mol. The second-order valence-electron chi connectivity index (χ2n) is 6.26. The van der Waals surface area contributed by atoms with Gasteiger partial charge in [-0.25, -0.2) is 0 Å². The highest BCUT2D eigenvalue weighted by atomic mass is 19.4. The van der Waals surface area contributed by atoms with Crippen molar-refractivity contribution in [2.24, 2.45) is 23.5 Å². The zero-order chi connectivity index (χ0) is 14.9. The minimum absolute atomic E-state index is 0.125. The average molecular weight is 292 g/mol. The third-order valence-electron chi connectivity index (χ3n) is 4.81. The van der Waals surface area contributed by atoms with Gasteiger partial charge in [-0.2, -0.15) is 13.2 Å². The fraction of sp³-hybridized carbons (Fsp3) is 0.929. The molecule has 1 saturated heterocycles. The predicted octanol–water partition coefficient (Wildman–Crippen LogP) is 2.55. The number of nitrogens with zero attached hydrogens (tertiary/aromatic N) is 1. The third-order valence-corrected chi connectivity index (χ3v) is 4.81. The lowest BCUT2D eigenvalue weighted by Crippen LogP contribution is -2.52. The zero-order valence-corrected chi connectivity index (χ0v) is 11.8. The van der Waals surface area contributed by atoms with Crippen molar-refractivity contribution in [1.29, 1.82) is 0 Å². The molecule has 4 atom stereocenters. The summed E-state index contributed by atoms with van der Waals surface area (Å²) in [5.41, 5.74) is 6.08. The van der Waals surface area contributed by atoms with Gasteiger partial charge in [0.05, 0.1) is 11.8 Å². The van der Waals surface area contributed by atoms with Crippen LogP contribution in [-0.2, 0) is 4.79 Å². The fourth-order valence-corrected chi connectivity index (χ4v) is 3.41. The van der Waals surface area contributed by atoms with Crippen molar-refractivity contribution in [2.45, 2.75) is 51.2 Å². The lowest BCUT2D eigenvalue weighted by atomic mass is 9.77. The number of likely N-dealkylation sites (tertiary alicyclic amines) is 1. The Hall–Kier alpha value is -0.780. The normalized spacial score (nSPS) is 36.0. The molecule has 0 spiro atoms. The van der Waals surface area contributed by atoms with Crippen LogP contribution in [0.2, 0.25) is 0 Å². The van der Waals surface area contributed by atoms with Crippen LogP contribution in [0, 0.1) is 17.8 Å². The highest BCUT2D eigenvalue weighted by Gasteiger charge is 2.44. The number of piperidine rings is 1. The summed E-state index contributed by atoms with van der Waals surface area (Å²) in [7, 11) is 0. The first-order chi connectivity index (χ1) is 9.30. The van der Waals surface area contributed by atoms with E-state index in [0.717, 1.165) is 12.8 Å². The van der Waals surface area contributed by atoms with Crippen molar-refractivity contribution >= 4 is 5.91 Å². The Morgan fingerprint density at radius 3 is 2.55 bits per heavy atom. The lowest BCUT2D eigenvalue weighted by Gasteiger charge is -2.39. The molecule has 2 fully saturated rings. The van der Waals surface area contributed by atoms with Crippen molar-refractivity contribution in [3.8, 4) is 0 Å². The number of halogens is 3. The van der Waals surface area contributed by atoms with Crippen LogP contribution in [0.25, 0.3) is 0 Å². The topological polar surface area (TPSA) is 46.3 Å². The summed E-state index contributed by atoms with van der Waals surface area (Å²) < 4.78 is 38.4. The number of amides is 1. The highest BCUT2D eigenvalue weighted by molar-refractivity contribution is 5.79. The molecule has 1 amide bonds. The Balaban J connectivity index is 2.01. The summed E-state index contributed by atoms with van der Waals surface area (Å²) in [5, 5.41) is 0. The summed E-state index contributed by atoms with van der Waals surface area (Å²) in [6.45, 7) is 2.25. The van der Waals surface area contributed by atoms with Crippen LogP contribution in [0.15, 0.2) is 0 Å². The first kappa shape index (κ1) is 15.6. The van der Waals surface area contributed by atoms with E-state index in [-0.39, 0.29) is 36.8 Å². The van der Waals surface area contributed by atoms with Gasteiger partial charge in [-0.3, -0.25) is 4.79 Å². The number of hydrogen-bond acceptors (Lipinski definition) is 2. The van der Waals surface area contributed by atoms with Crippen molar-refractivity contribution in [1.82, 2.24) is 4.90 Å². The molecular formula is C14H23F3N2O. The van der Waals surface area contributed by atoms with Crippen molar-refractivity contribution in [2.75, 3.05) is 13.1 Å². The molecule has 1 aliphatic carbocycles. The molecule has 1 aliphatic heterocycles. The summed E-state index contributed by atoms with van der Waals surface area (Å²) >= 11 is 0. The van der Waals surface area contributed by atoms with E-state index in [1.165, 1.54) is 4.90 Å². The number of hydrogen-bond donors (Lipinski definition) is 1. The van der Waals surface area contributed by atoms with Gasteiger partial charge < -0.3 is 10.6 Å². The van der Waals surface area contributed by atoms with E-state index in [0.29, 0.717) is 19.4 Å². The first-order valence-electron chi connectivity index (χ1n) is 7.41. The number of alkyl halides is 3. The molecule has 20 heavy (non-hydrogen) atoms. The molecule has 0 aromatic rings. The zero-order valence-electron chi connectivity index (χ0n) is 11.8. The smallest absolute Gasteiger partial charge is 0.342 e. The quantitative estimate of drug-likeness (QED) is 0.807. The molecule has 3 nitrogen and oxygen atoms in total. The Bertz CT molecular complexity index is 359. The maximum Gasteiger partial charge on any atom is 0.393 e. The summed E-state index contributed by atoms with van der Waals surface area (Å²) in [4.78, 5) is 13.9. The fourth-order valence-electron chi connectivity index (χ4n) is 3.41. The SMILES string of the molecule is CC1CCCC(C(=O)N2CCCC(C(F)(F)F)C2)C1N. The molecule has 0 aromatic heterocycles. The number of carbonyl (C=O) groups excluding carboxylic acids is 1. The maximum atomic E-state index is 12.8. The Kier molecular flexibility index (Phi) is 4.62. The van der Waals surface area contributed by atoms with Crippen LogP contribution in [0.4, 0.5) is 13.2 Å². The molecule has 0 aromatic carbocycles. The van der Waals surface area contributed by atoms with Gasteiger partial charge in [0.15, 0.2) is 0 Å². The second kappa shape index (κ2) is 5.92. The monoisotopic (exact) mass is 292 g/mol. The Morgan fingerprint density at radius 1 is 1.20 bits per heavy atom. The molecule has 0 radical (unpaired) electrons. The molecule has 1 heterocycles. The van der Waals surface area contributed by atoms with E-state index in [1.807, 2.05) is 6.92 Å². The van der Waals surface area contributed by atoms with Crippen molar-refractivity contribution in [3.05, 3.63) is 0 Å². The highest BCUT2D eigenvalue weighted by Crippen LogP contribution is 2.35. The number of carbonyl (C=O) groups is 1. The number of nitrogens with two attached hydrogens (primary N) is 1. The summed E-state index contributed by atoms with van der Waals surface area (Å²) in [6, 6.07) is -0.220. The molecule has 4 unspecified atom stereocenters. The van der Waals surface area contributed by atoms with Gasteiger partial charge in [0.25, 0.3) is 0 Å². The summed E-state index contributed by atoms with van der Waals surface area (Å²) in [5.74, 6) is -1.58. The van der Waals surface area contributed by atoms with Crippen LogP contribution in [0.3, 0.4) is 0 Å². The van der Waals surface area contributed by atoms with Crippen LogP contribution >= 0.6 is 0 Å².